The Kier molecular flexibility index (Phi) is 4.29. The van der Waals surface area contributed by atoms with Crippen LogP contribution in [0.4, 0.5) is 4.39 Å². The van der Waals surface area contributed by atoms with Crippen molar-refractivity contribution in [2.75, 3.05) is 7.11 Å². The summed E-state index contributed by atoms with van der Waals surface area (Å²) in [5.74, 6) is -0.198. The van der Waals surface area contributed by atoms with E-state index in [1.54, 1.807) is 13.8 Å². The summed E-state index contributed by atoms with van der Waals surface area (Å²) in [4.78, 5) is 12.0. The molecule has 1 atom stereocenters. The minimum atomic E-state index is -0.405. The molecule has 106 valence electrons. The number of aromatic nitrogens is 2. The van der Waals surface area contributed by atoms with Crippen LogP contribution in [0.5, 0.6) is 5.75 Å². The fraction of sp³-hybridized carbons (Fsp3) is 0.308. The summed E-state index contributed by atoms with van der Waals surface area (Å²) < 4.78 is 18.5. The van der Waals surface area contributed by atoms with Crippen molar-refractivity contribution in [1.29, 1.82) is 0 Å². The lowest BCUT2D eigenvalue weighted by atomic mass is 10.1. The van der Waals surface area contributed by atoms with E-state index in [1.165, 1.54) is 36.6 Å². The molecule has 0 bridgehead atoms. The predicted octanol–water partition coefficient (Wildman–Crippen LogP) is 2.49. The van der Waals surface area contributed by atoms with Crippen molar-refractivity contribution < 1.29 is 13.9 Å². The summed E-state index contributed by atoms with van der Waals surface area (Å²) in [6, 6.07) is 3.78. The van der Waals surface area contributed by atoms with Crippen LogP contribution >= 0.6 is 11.3 Å². The number of hydrogen-bond donors (Lipinski definition) is 1. The minimum Gasteiger partial charge on any atom is -0.496 e. The zero-order valence-electron chi connectivity index (χ0n) is 11.3. The highest BCUT2D eigenvalue weighted by Crippen LogP contribution is 2.26. The molecule has 2 aromatic rings. The number of amides is 1. The quantitative estimate of drug-likeness (QED) is 0.941. The van der Waals surface area contributed by atoms with Gasteiger partial charge < -0.3 is 10.1 Å². The molecule has 7 heteroatoms. The van der Waals surface area contributed by atoms with Gasteiger partial charge in [-0.1, -0.05) is 11.3 Å². The molecule has 1 heterocycles. The van der Waals surface area contributed by atoms with Crippen LogP contribution in [0.25, 0.3) is 0 Å². The van der Waals surface area contributed by atoms with Crippen molar-refractivity contribution in [2.45, 2.75) is 19.9 Å². The van der Waals surface area contributed by atoms with E-state index in [9.17, 15) is 9.18 Å². The molecule has 0 aliphatic carbocycles. The number of hydrogen-bond acceptors (Lipinski definition) is 5. The van der Waals surface area contributed by atoms with Crippen LogP contribution in [0.15, 0.2) is 18.2 Å². The van der Waals surface area contributed by atoms with Gasteiger partial charge in [-0.15, -0.1) is 10.2 Å². The van der Waals surface area contributed by atoms with Crippen LogP contribution in [0.3, 0.4) is 0 Å². The molecule has 1 aromatic heterocycles. The van der Waals surface area contributed by atoms with Crippen LogP contribution in [0.2, 0.25) is 0 Å². The second-order valence-corrected chi connectivity index (χ2v) is 5.39. The molecule has 1 N–H and O–H groups in total. The Hall–Kier alpha value is -2.02. The topological polar surface area (TPSA) is 64.1 Å². The number of benzene rings is 1. The highest BCUT2D eigenvalue weighted by Gasteiger charge is 2.18. The van der Waals surface area contributed by atoms with Crippen molar-refractivity contribution in [3.8, 4) is 5.75 Å². The van der Waals surface area contributed by atoms with Gasteiger partial charge in [0.05, 0.1) is 13.2 Å². The molecule has 0 aliphatic heterocycles. The van der Waals surface area contributed by atoms with E-state index in [4.69, 9.17) is 4.74 Å². The largest absolute Gasteiger partial charge is 0.496 e. The van der Waals surface area contributed by atoms with E-state index in [2.05, 4.69) is 15.5 Å². The first-order valence-electron chi connectivity index (χ1n) is 5.95. The molecule has 5 nitrogen and oxygen atoms in total. The Labute approximate surface area is 119 Å². The lowest BCUT2D eigenvalue weighted by molar-refractivity contribution is 0.0938. The molecule has 0 fully saturated rings. The van der Waals surface area contributed by atoms with Crippen LogP contribution < -0.4 is 10.1 Å². The van der Waals surface area contributed by atoms with Gasteiger partial charge in [0, 0.05) is 5.56 Å². The Balaban J connectivity index is 2.17. The third-order valence-electron chi connectivity index (χ3n) is 2.73. The third-order valence-corrected chi connectivity index (χ3v) is 3.56. The van der Waals surface area contributed by atoms with Gasteiger partial charge in [-0.25, -0.2) is 4.39 Å². The summed E-state index contributed by atoms with van der Waals surface area (Å²) in [6.45, 7) is 3.52. The monoisotopic (exact) mass is 295 g/mol. The lowest BCUT2D eigenvalue weighted by Gasteiger charge is -2.16. The molecule has 1 amide bonds. The molecule has 0 saturated heterocycles. The molecular formula is C13H14FN3O2S. The molecular weight excluding hydrogens is 281 g/mol. The Morgan fingerprint density at radius 1 is 1.45 bits per heavy atom. The summed E-state index contributed by atoms with van der Waals surface area (Å²) in [7, 11) is 1.50. The van der Waals surface area contributed by atoms with E-state index in [0.29, 0.717) is 16.3 Å². The number of nitrogens with one attached hydrogen (secondary N) is 1. The first kappa shape index (κ1) is 14.4. The molecule has 0 spiro atoms. The maximum Gasteiger partial charge on any atom is 0.282 e. The van der Waals surface area contributed by atoms with Crippen molar-refractivity contribution in [2.24, 2.45) is 0 Å². The van der Waals surface area contributed by atoms with Gasteiger partial charge >= 0.3 is 0 Å². The molecule has 2 rings (SSSR count). The van der Waals surface area contributed by atoms with Gasteiger partial charge in [0.15, 0.2) is 0 Å². The molecule has 0 aliphatic rings. The number of carbonyl (C=O) groups is 1. The summed E-state index contributed by atoms with van der Waals surface area (Å²) in [5.41, 5.74) is 0.571. The maximum absolute atomic E-state index is 13.3. The number of methoxy groups -OCH3 is 1. The summed E-state index contributed by atoms with van der Waals surface area (Å²) in [5, 5.41) is 11.3. The van der Waals surface area contributed by atoms with Gasteiger partial charge in [-0.2, -0.15) is 0 Å². The molecule has 0 saturated carbocycles. The Morgan fingerprint density at radius 2 is 2.20 bits per heavy atom. The predicted molar refractivity (Wildman–Crippen MR) is 73.5 cm³/mol. The van der Waals surface area contributed by atoms with Crippen molar-refractivity contribution in [3.05, 3.63) is 39.6 Å². The highest BCUT2D eigenvalue weighted by atomic mass is 32.1. The van der Waals surface area contributed by atoms with Gasteiger partial charge in [-0.05, 0) is 32.0 Å². The van der Waals surface area contributed by atoms with E-state index in [0.717, 1.165) is 0 Å². The van der Waals surface area contributed by atoms with Gasteiger partial charge in [0.25, 0.3) is 5.91 Å². The average Bonchev–Trinajstić information content (AvgIpc) is 2.85. The minimum absolute atomic E-state index is 0.282. The number of carbonyl (C=O) groups excluding carboxylic acids is 1. The number of halogens is 1. The van der Waals surface area contributed by atoms with Crippen LogP contribution in [0, 0.1) is 12.7 Å². The average molecular weight is 295 g/mol. The number of ether oxygens (including phenoxy) is 1. The first-order valence-corrected chi connectivity index (χ1v) is 6.77. The molecule has 0 unspecified atom stereocenters. The van der Waals surface area contributed by atoms with E-state index < -0.39 is 6.04 Å². The number of aryl methyl sites for hydroxylation is 1. The number of rotatable bonds is 4. The van der Waals surface area contributed by atoms with Crippen LogP contribution in [0.1, 0.15) is 33.3 Å². The normalized spacial score (nSPS) is 12.0. The smallest absolute Gasteiger partial charge is 0.282 e. The van der Waals surface area contributed by atoms with Gasteiger partial charge in [0.2, 0.25) is 5.01 Å². The number of nitrogens with zero attached hydrogens (tertiary/aromatic N) is 2. The fourth-order valence-corrected chi connectivity index (χ4v) is 2.36. The Morgan fingerprint density at radius 3 is 2.80 bits per heavy atom. The first-order chi connectivity index (χ1) is 9.51. The zero-order valence-corrected chi connectivity index (χ0v) is 12.1. The summed E-state index contributed by atoms with van der Waals surface area (Å²) in [6.07, 6.45) is 0. The van der Waals surface area contributed by atoms with E-state index in [-0.39, 0.29) is 16.7 Å². The second-order valence-electron chi connectivity index (χ2n) is 4.21. The lowest BCUT2D eigenvalue weighted by Crippen LogP contribution is -2.27. The van der Waals surface area contributed by atoms with Crippen LogP contribution in [-0.4, -0.2) is 23.2 Å². The van der Waals surface area contributed by atoms with Crippen molar-refractivity contribution in [1.82, 2.24) is 15.5 Å². The molecule has 20 heavy (non-hydrogen) atoms. The van der Waals surface area contributed by atoms with E-state index >= 15 is 0 Å². The maximum atomic E-state index is 13.3. The van der Waals surface area contributed by atoms with Crippen molar-refractivity contribution >= 4 is 17.2 Å². The standard InChI is InChI=1S/C13H14FN3O2S/c1-7(10-6-9(14)4-5-11(10)19-3)15-12(18)13-17-16-8(2)20-13/h4-7H,1-3H3,(H,15,18)/t7-/m0/s1. The summed E-state index contributed by atoms with van der Waals surface area (Å²) >= 11 is 1.21. The van der Waals surface area contributed by atoms with Crippen molar-refractivity contribution in [3.63, 3.8) is 0 Å². The van der Waals surface area contributed by atoms with E-state index in [1.807, 2.05) is 0 Å². The second kappa shape index (κ2) is 5.96. The SMILES string of the molecule is COc1ccc(F)cc1[C@H](C)NC(=O)c1nnc(C)s1. The highest BCUT2D eigenvalue weighted by molar-refractivity contribution is 7.13. The zero-order chi connectivity index (χ0) is 14.7. The fourth-order valence-electron chi connectivity index (χ4n) is 1.77. The molecule has 0 radical (unpaired) electrons. The molecule has 1 aromatic carbocycles. The third kappa shape index (κ3) is 3.11. The van der Waals surface area contributed by atoms with Gasteiger partial charge in [-0.3, -0.25) is 4.79 Å². The Bertz CT molecular complexity index is 630. The van der Waals surface area contributed by atoms with Gasteiger partial charge in [0.1, 0.15) is 16.6 Å². The van der Waals surface area contributed by atoms with Crippen LogP contribution in [-0.2, 0) is 0 Å².